The number of carbonyl (C=O) groups excluding carboxylic acids is 1. The molecule has 1 atom stereocenters. The first-order valence-corrected chi connectivity index (χ1v) is 7.59. The van der Waals surface area contributed by atoms with Gasteiger partial charge in [-0.3, -0.25) is 9.52 Å². The topological polar surface area (TPSA) is 75.3 Å². The van der Waals surface area contributed by atoms with Gasteiger partial charge in [0.1, 0.15) is 0 Å². The van der Waals surface area contributed by atoms with Crippen molar-refractivity contribution in [1.82, 2.24) is 0 Å². The molecule has 0 aliphatic rings. The van der Waals surface area contributed by atoms with Gasteiger partial charge in [-0.1, -0.05) is 19.9 Å². The lowest BCUT2D eigenvalue weighted by Gasteiger charge is -2.11. The fourth-order valence-corrected chi connectivity index (χ4v) is 1.88. The predicted molar refractivity (Wildman–Crippen MR) is 73.0 cm³/mol. The molecule has 0 aliphatic carbocycles. The molecule has 6 heteroatoms. The Morgan fingerprint density at radius 3 is 2.50 bits per heavy atom. The fraction of sp³-hybridized carbons (Fsp3) is 0.417. The van der Waals surface area contributed by atoms with Crippen LogP contribution in [0.5, 0.6) is 0 Å². The van der Waals surface area contributed by atoms with Crippen molar-refractivity contribution in [2.45, 2.75) is 20.3 Å². The van der Waals surface area contributed by atoms with Gasteiger partial charge < -0.3 is 5.32 Å². The van der Waals surface area contributed by atoms with E-state index >= 15 is 0 Å². The Bertz CT molecular complexity index is 526. The van der Waals surface area contributed by atoms with Crippen molar-refractivity contribution in [2.75, 3.05) is 16.3 Å². The number of nitrogens with one attached hydrogen (secondary N) is 2. The highest BCUT2D eigenvalue weighted by atomic mass is 32.2. The van der Waals surface area contributed by atoms with E-state index in [9.17, 15) is 13.2 Å². The number of benzene rings is 1. The van der Waals surface area contributed by atoms with Gasteiger partial charge in [0.25, 0.3) is 0 Å². The van der Waals surface area contributed by atoms with Gasteiger partial charge in [-0.25, -0.2) is 8.42 Å². The summed E-state index contributed by atoms with van der Waals surface area (Å²) in [6, 6.07) is 6.61. The first kappa shape index (κ1) is 14.5. The summed E-state index contributed by atoms with van der Waals surface area (Å²) in [5.41, 5.74) is 1.01. The summed E-state index contributed by atoms with van der Waals surface area (Å²) in [7, 11) is -3.31. The molecule has 1 amide bonds. The summed E-state index contributed by atoms with van der Waals surface area (Å²) in [5.74, 6) is -0.148. The monoisotopic (exact) mass is 270 g/mol. The SMILES string of the molecule is CCC(C)C(=O)Nc1cccc(NS(C)(=O)=O)c1. The fourth-order valence-electron chi connectivity index (χ4n) is 1.33. The van der Waals surface area contributed by atoms with E-state index in [2.05, 4.69) is 10.0 Å². The van der Waals surface area contributed by atoms with E-state index in [-0.39, 0.29) is 11.8 Å². The molecule has 0 aromatic heterocycles. The first-order valence-electron chi connectivity index (χ1n) is 5.70. The van der Waals surface area contributed by atoms with Crippen LogP contribution < -0.4 is 10.0 Å². The minimum Gasteiger partial charge on any atom is -0.326 e. The van der Waals surface area contributed by atoms with Crippen molar-refractivity contribution in [3.05, 3.63) is 24.3 Å². The number of sulfonamides is 1. The molecule has 1 rings (SSSR count). The molecule has 0 spiro atoms. The maximum atomic E-state index is 11.7. The number of anilines is 2. The summed E-state index contributed by atoms with van der Waals surface area (Å²) in [6.07, 6.45) is 1.84. The van der Waals surface area contributed by atoms with Crippen molar-refractivity contribution >= 4 is 27.3 Å². The molecule has 0 aliphatic heterocycles. The van der Waals surface area contributed by atoms with Crippen molar-refractivity contribution in [3.8, 4) is 0 Å². The molecule has 1 unspecified atom stereocenters. The standard InChI is InChI=1S/C12H18N2O3S/c1-4-9(2)12(15)13-10-6-5-7-11(8-10)14-18(3,16)17/h5-9,14H,4H2,1-3H3,(H,13,15). The van der Waals surface area contributed by atoms with Gasteiger partial charge in [0, 0.05) is 11.6 Å². The van der Waals surface area contributed by atoms with E-state index in [0.29, 0.717) is 11.4 Å². The van der Waals surface area contributed by atoms with Gasteiger partial charge in [0.15, 0.2) is 0 Å². The molecule has 100 valence electrons. The normalized spacial score (nSPS) is 12.8. The van der Waals surface area contributed by atoms with Gasteiger partial charge in [-0.15, -0.1) is 0 Å². The zero-order valence-corrected chi connectivity index (χ0v) is 11.5. The van der Waals surface area contributed by atoms with Crippen molar-refractivity contribution in [2.24, 2.45) is 5.92 Å². The Hall–Kier alpha value is -1.56. The lowest BCUT2D eigenvalue weighted by atomic mass is 10.1. The maximum Gasteiger partial charge on any atom is 0.229 e. The van der Waals surface area contributed by atoms with Crippen LogP contribution in [-0.4, -0.2) is 20.6 Å². The second kappa shape index (κ2) is 5.86. The van der Waals surface area contributed by atoms with Crippen LogP contribution in [0.1, 0.15) is 20.3 Å². The zero-order chi connectivity index (χ0) is 13.8. The first-order chi connectivity index (χ1) is 8.31. The number of carbonyl (C=O) groups is 1. The maximum absolute atomic E-state index is 11.7. The number of amides is 1. The van der Waals surface area contributed by atoms with Crippen LogP contribution in [0, 0.1) is 5.92 Å². The summed E-state index contributed by atoms with van der Waals surface area (Å²) in [6.45, 7) is 3.78. The molecule has 0 saturated carbocycles. The average Bonchev–Trinajstić information content (AvgIpc) is 2.26. The highest BCUT2D eigenvalue weighted by Crippen LogP contribution is 2.17. The van der Waals surface area contributed by atoms with Crippen molar-refractivity contribution in [3.63, 3.8) is 0 Å². The Kier molecular flexibility index (Phi) is 4.72. The van der Waals surface area contributed by atoms with Crippen LogP contribution in [0.15, 0.2) is 24.3 Å². The van der Waals surface area contributed by atoms with Crippen LogP contribution in [0.3, 0.4) is 0 Å². The third-order valence-electron chi connectivity index (χ3n) is 2.49. The van der Waals surface area contributed by atoms with E-state index in [1.165, 1.54) is 0 Å². The Morgan fingerprint density at radius 1 is 1.33 bits per heavy atom. The Balaban J connectivity index is 2.80. The summed E-state index contributed by atoms with van der Waals surface area (Å²) in [5, 5.41) is 2.75. The van der Waals surface area contributed by atoms with Gasteiger partial charge in [-0.05, 0) is 24.6 Å². The average molecular weight is 270 g/mol. The number of hydrogen-bond acceptors (Lipinski definition) is 3. The van der Waals surface area contributed by atoms with Crippen LogP contribution in [0.4, 0.5) is 11.4 Å². The predicted octanol–water partition coefficient (Wildman–Crippen LogP) is 2.04. The third kappa shape index (κ3) is 4.75. The van der Waals surface area contributed by atoms with Crippen LogP contribution in [-0.2, 0) is 14.8 Å². The lowest BCUT2D eigenvalue weighted by molar-refractivity contribution is -0.119. The van der Waals surface area contributed by atoms with Gasteiger partial charge in [0.05, 0.1) is 11.9 Å². The Morgan fingerprint density at radius 2 is 1.94 bits per heavy atom. The smallest absolute Gasteiger partial charge is 0.229 e. The molecule has 2 N–H and O–H groups in total. The Labute approximate surface area is 108 Å². The lowest BCUT2D eigenvalue weighted by Crippen LogP contribution is -2.19. The minimum atomic E-state index is -3.31. The molecule has 0 fully saturated rings. The van der Waals surface area contributed by atoms with E-state index in [4.69, 9.17) is 0 Å². The van der Waals surface area contributed by atoms with Crippen LogP contribution >= 0.6 is 0 Å². The quantitative estimate of drug-likeness (QED) is 0.859. The van der Waals surface area contributed by atoms with Crippen molar-refractivity contribution in [1.29, 1.82) is 0 Å². The summed E-state index contributed by atoms with van der Waals surface area (Å²) in [4.78, 5) is 11.7. The largest absolute Gasteiger partial charge is 0.326 e. The molecular weight excluding hydrogens is 252 g/mol. The molecule has 1 aromatic carbocycles. The van der Waals surface area contributed by atoms with E-state index in [1.807, 2.05) is 13.8 Å². The molecule has 1 aromatic rings. The zero-order valence-electron chi connectivity index (χ0n) is 10.7. The molecular formula is C12H18N2O3S. The number of hydrogen-bond donors (Lipinski definition) is 2. The second-order valence-electron chi connectivity index (χ2n) is 4.25. The van der Waals surface area contributed by atoms with Crippen LogP contribution in [0.25, 0.3) is 0 Å². The molecule has 0 bridgehead atoms. The van der Waals surface area contributed by atoms with E-state index in [0.717, 1.165) is 12.7 Å². The summed E-state index contributed by atoms with van der Waals surface area (Å²) < 4.78 is 24.5. The third-order valence-corrected chi connectivity index (χ3v) is 3.10. The molecule has 0 heterocycles. The number of rotatable bonds is 5. The van der Waals surface area contributed by atoms with Crippen LogP contribution in [0.2, 0.25) is 0 Å². The van der Waals surface area contributed by atoms with Gasteiger partial charge >= 0.3 is 0 Å². The minimum absolute atomic E-state index is 0.0727. The highest BCUT2D eigenvalue weighted by Gasteiger charge is 2.10. The summed E-state index contributed by atoms with van der Waals surface area (Å²) >= 11 is 0. The molecule has 0 saturated heterocycles. The van der Waals surface area contributed by atoms with Crippen molar-refractivity contribution < 1.29 is 13.2 Å². The van der Waals surface area contributed by atoms with E-state index < -0.39 is 10.0 Å². The van der Waals surface area contributed by atoms with Gasteiger partial charge in [-0.2, -0.15) is 0 Å². The molecule has 0 radical (unpaired) electrons. The second-order valence-corrected chi connectivity index (χ2v) is 6.00. The molecule has 5 nitrogen and oxygen atoms in total. The van der Waals surface area contributed by atoms with Gasteiger partial charge in [0.2, 0.25) is 15.9 Å². The van der Waals surface area contributed by atoms with E-state index in [1.54, 1.807) is 24.3 Å². The molecule has 18 heavy (non-hydrogen) atoms. The highest BCUT2D eigenvalue weighted by molar-refractivity contribution is 7.92.